The molecule has 154 valence electrons. The predicted octanol–water partition coefficient (Wildman–Crippen LogP) is 5.01. The summed E-state index contributed by atoms with van der Waals surface area (Å²) in [7, 11) is 7.42. The first kappa shape index (κ1) is 21.1. The van der Waals surface area contributed by atoms with Crippen molar-refractivity contribution in [1.29, 1.82) is 0 Å². The summed E-state index contributed by atoms with van der Waals surface area (Å²) >= 11 is 0. The quantitative estimate of drug-likeness (QED) is 0.647. The van der Waals surface area contributed by atoms with Crippen molar-refractivity contribution in [3.8, 4) is 5.75 Å². The molecule has 1 aliphatic carbocycles. The smallest absolute Gasteiger partial charge is 0.337 e. The first-order valence-corrected chi connectivity index (χ1v) is 10.2. The third kappa shape index (κ3) is 5.48. The lowest BCUT2D eigenvalue weighted by atomic mass is 9.73. The Labute approximate surface area is 174 Å². The van der Waals surface area contributed by atoms with Gasteiger partial charge in [0.25, 0.3) is 0 Å². The molecule has 4 heteroatoms. The van der Waals surface area contributed by atoms with Crippen LogP contribution in [-0.2, 0) is 4.74 Å². The highest BCUT2D eigenvalue weighted by molar-refractivity contribution is 5.90. The van der Waals surface area contributed by atoms with E-state index in [0.717, 1.165) is 37.1 Å². The molecule has 2 unspecified atom stereocenters. The number of rotatable bonds is 6. The highest BCUT2D eigenvalue weighted by Gasteiger charge is 2.29. The molecule has 2 aromatic rings. The van der Waals surface area contributed by atoms with Gasteiger partial charge in [-0.1, -0.05) is 35.9 Å². The molecule has 0 spiro atoms. The number of allylic oxidation sites excluding steroid dienone is 1. The monoisotopic (exact) mass is 393 g/mol. The summed E-state index contributed by atoms with van der Waals surface area (Å²) in [5, 5.41) is 0. The average Bonchev–Trinajstić information content (AvgIpc) is 2.74. The fraction of sp³-hybridized carbons (Fsp3) is 0.400. The van der Waals surface area contributed by atoms with E-state index in [4.69, 9.17) is 9.47 Å². The van der Waals surface area contributed by atoms with Crippen molar-refractivity contribution in [1.82, 2.24) is 4.90 Å². The van der Waals surface area contributed by atoms with Crippen LogP contribution in [0, 0.1) is 5.92 Å². The van der Waals surface area contributed by atoms with Gasteiger partial charge in [-0.2, -0.15) is 0 Å². The van der Waals surface area contributed by atoms with Crippen LogP contribution in [0.25, 0.3) is 6.08 Å². The molecule has 1 saturated carbocycles. The number of hydrogen-bond acceptors (Lipinski definition) is 4. The van der Waals surface area contributed by atoms with E-state index in [1.165, 1.54) is 18.2 Å². The van der Waals surface area contributed by atoms with Gasteiger partial charge < -0.3 is 14.4 Å². The van der Waals surface area contributed by atoms with Crippen molar-refractivity contribution in [2.45, 2.75) is 25.2 Å². The summed E-state index contributed by atoms with van der Waals surface area (Å²) in [5.41, 5.74) is 4.41. The van der Waals surface area contributed by atoms with E-state index in [0.29, 0.717) is 17.4 Å². The van der Waals surface area contributed by atoms with E-state index in [1.54, 1.807) is 13.2 Å². The van der Waals surface area contributed by atoms with Gasteiger partial charge in [0, 0.05) is 6.54 Å². The van der Waals surface area contributed by atoms with E-state index in [-0.39, 0.29) is 5.97 Å². The van der Waals surface area contributed by atoms with Crippen LogP contribution in [0.4, 0.5) is 0 Å². The molecule has 0 N–H and O–H groups in total. The number of esters is 1. The molecule has 4 nitrogen and oxygen atoms in total. The number of nitrogens with zero attached hydrogens (tertiary/aromatic N) is 1. The minimum Gasteiger partial charge on any atom is -0.497 e. The highest BCUT2D eigenvalue weighted by atomic mass is 16.5. The Balaban J connectivity index is 1.87. The zero-order valence-electron chi connectivity index (χ0n) is 17.9. The molecule has 2 aromatic carbocycles. The van der Waals surface area contributed by atoms with Crippen LogP contribution in [0.3, 0.4) is 0 Å². The van der Waals surface area contributed by atoms with Crippen molar-refractivity contribution >= 4 is 12.0 Å². The summed E-state index contributed by atoms with van der Waals surface area (Å²) in [6, 6.07) is 16.1. The standard InChI is InChI=1S/C25H31NO3/c1-26(2)17-22-12-11-19(13-18-7-5-9-21(14-18)25(27)29-4)15-24(22)20-8-6-10-23(16-20)28-3/h5-10,13-14,16,22,24H,11-12,15,17H2,1-4H3. The Morgan fingerprint density at radius 1 is 1.14 bits per heavy atom. The predicted molar refractivity (Wildman–Crippen MR) is 117 cm³/mol. The normalized spacial score (nSPS) is 20.7. The van der Waals surface area contributed by atoms with Gasteiger partial charge in [0.05, 0.1) is 19.8 Å². The Morgan fingerprint density at radius 2 is 1.93 bits per heavy atom. The van der Waals surface area contributed by atoms with E-state index in [9.17, 15) is 4.79 Å². The lowest BCUT2D eigenvalue weighted by molar-refractivity contribution is 0.0600. The van der Waals surface area contributed by atoms with E-state index >= 15 is 0 Å². The molecule has 29 heavy (non-hydrogen) atoms. The Hall–Kier alpha value is -2.59. The minimum absolute atomic E-state index is 0.297. The van der Waals surface area contributed by atoms with Crippen molar-refractivity contribution < 1.29 is 14.3 Å². The van der Waals surface area contributed by atoms with Crippen molar-refractivity contribution in [3.63, 3.8) is 0 Å². The second kappa shape index (κ2) is 9.75. The van der Waals surface area contributed by atoms with Gasteiger partial charge in [-0.3, -0.25) is 0 Å². The molecule has 0 heterocycles. The van der Waals surface area contributed by atoms with E-state index in [2.05, 4.69) is 43.3 Å². The van der Waals surface area contributed by atoms with Crippen molar-refractivity contribution in [2.75, 3.05) is 34.9 Å². The van der Waals surface area contributed by atoms with Gasteiger partial charge in [-0.25, -0.2) is 4.79 Å². The fourth-order valence-electron chi connectivity index (χ4n) is 4.31. The zero-order valence-corrected chi connectivity index (χ0v) is 17.9. The molecule has 2 atom stereocenters. The molecule has 3 rings (SSSR count). The van der Waals surface area contributed by atoms with Crippen LogP contribution in [0.2, 0.25) is 0 Å². The molecule has 0 saturated heterocycles. The summed E-state index contributed by atoms with van der Waals surface area (Å²) in [5.74, 6) is 1.68. The summed E-state index contributed by atoms with van der Waals surface area (Å²) in [6.45, 7) is 1.08. The third-order valence-corrected chi connectivity index (χ3v) is 5.69. The topological polar surface area (TPSA) is 38.8 Å². The average molecular weight is 394 g/mol. The van der Waals surface area contributed by atoms with Crippen LogP contribution >= 0.6 is 0 Å². The van der Waals surface area contributed by atoms with Gasteiger partial charge in [0.15, 0.2) is 0 Å². The van der Waals surface area contributed by atoms with Gasteiger partial charge in [-0.15, -0.1) is 0 Å². The largest absolute Gasteiger partial charge is 0.497 e. The van der Waals surface area contributed by atoms with E-state index < -0.39 is 0 Å². The lowest BCUT2D eigenvalue weighted by Crippen LogP contribution is -2.29. The molecule has 1 aliphatic rings. The zero-order chi connectivity index (χ0) is 20.8. The lowest BCUT2D eigenvalue weighted by Gasteiger charge is -2.35. The van der Waals surface area contributed by atoms with Crippen LogP contribution < -0.4 is 4.74 Å². The van der Waals surface area contributed by atoms with Crippen molar-refractivity contribution in [2.24, 2.45) is 5.92 Å². The Kier molecular flexibility index (Phi) is 7.10. The second-order valence-electron chi connectivity index (χ2n) is 8.07. The summed E-state index contributed by atoms with van der Waals surface area (Å²) < 4.78 is 10.3. The molecule has 0 radical (unpaired) electrons. The van der Waals surface area contributed by atoms with Crippen molar-refractivity contribution in [3.05, 3.63) is 70.8 Å². The summed E-state index contributed by atoms with van der Waals surface area (Å²) in [6.07, 6.45) is 5.50. The number of benzene rings is 2. The SMILES string of the molecule is COC(=O)c1cccc(C=C2CCC(CN(C)C)C(c3cccc(OC)c3)C2)c1. The highest BCUT2D eigenvalue weighted by Crippen LogP contribution is 2.42. The molecule has 0 bridgehead atoms. The van der Waals surface area contributed by atoms with Crippen LogP contribution in [0.15, 0.2) is 54.1 Å². The maximum Gasteiger partial charge on any atom is 0.337 e. The summed E-state index contributed by atoms with van der Waals surface area (Å²) in [4.78, 5) is 14.1. The number of carbonyl (C=O) groups excluding carboxylic acids is 1. The van der Waals surface area contributed by atoms with Crippen LogP contribution in [0.1, 0.15) is 46.7 Å². The van der Waals surface area contributed by atoms with Gasteiger partial charge in [-0.05, 0) is 80.6 Å². The van der Waals surface area contributed by atoms with Crippen LogP contribution in [0.5, 0.6) is 5.75 Å². The maximum atomic E-state index is 11.8. The molecule has 0 aliphatic heterocycles. The molecular formula is C25H31NO3. The molecule has 0 aromatic heterocycles. The second-order valence-corrected chi connectivity index (χ2v) is 8.07. The van der Waals surface area contributed by atoms with Gasteiger partial charge in [0.1, 0.15) is 5.75 Å². The Morgan fingerprint density at radius 3 is 2.66 bits per heavy atom. The molecule has 1 fully saturated rings. The minimum atomic E-state index is -0.297. The molecular weight excluding hydrogens is 362 g/mol. The number of ether oxygens (including phenoxy) is 2. The van der Waals surface area contributed by atoms with Gasteiger partial charge in [0.2, 0.25) is 0 Å². The number of carbonyl (C=O) groups is 1. The number of hydrogen-bond donors (Lipinski definition) is 0. The Bertz CT molecular complexity index is 872. The first-order chi connectivity index (χ1) is 14.0. The third-order valence-electron chi connectivity index (χ3n) is 5.69. The van der Waals surface area contributed by atoms with E-state index in [1.807, 2.05) is 24.3 Å². The van der Waals surface area contributed by atoms with Gasteiger partial charge >= 0.3 is 5.97 Å². The first-order valence-electron chi connectivity index (χ1n) is 10.2. The number of methoxy groups -OCH3 is 2. The maximum absolute atomic E-state index is 11.8. The fourth-order valence-corrected chi connectivity index (χ4v) is 4.31. The van der Waals surface area contributed by atoms with Crippen LogP contribution in [-0.4, -0.2) is 45.7 Å². The molecule has 0 amide bonds.